The van der Waals surface area contributed by atoms with E-state index in [0.717, 1.165) is 16.9 Å². The Bertz CT molecular complexity index is 1100. The Hall–Kier alpha value is -3.61. The van der Waals surface area contributed by atoms with Crippen LogP contribution in [-0.4, -0.2) is 44.9 Å². The molecule has 4 rings (SSSR count). The molecule has 0 N–H and O–H groups in total. The number of nitrogens with zero attached hydrogens (tertiary/aromatic N) is 4. The fourth-order valence-electron chi connectivity index (χ4n) is 3.80. The average molecular weight is 433 g/mol. The third-order valence-corrected chi connectivity index (χ3v) is 5.36. The smallest absolute Gasteiger partial charge is 0.410 e. The van der Waals surface area contributed by atoms with Gasteiger partial charge in [0.15, 0.2) is 0 Å². The van der Waals surface area contributed by atoms with E-state index in [1.807, 2.05) is 88.5 Å². The van der Waals surface area contributed by atoms with E-state index >= 15 is 0 Å². The summed E-state index contributed by atoms with van der Waals surface area (Å²) in [7, 11) is 0. The second kappa shape index (κ2) is 8.49. The van der Waals surface area contributed by atoms with Crippen molar-refractivity contribution in [1.82, 2.24) is 14.7 Å². The van der Waals surface area contributed by atoms with Crippen molar-refractivity contribution in [3.05, 3.63) is 78.1 Å². The van der Waals surface area contributed by atoms with Crippen LogP contribution in [0, 0.1) is 0 Å². The number of rotatable bonds is 2. The number of fused-ring (bicyclic) bond motifs is 1. The molecule has 166 valence electrons. The number of anilines is 1. The number of carbonyl (C=O) groups excluding carboxylic acids is 2. The molecule has 0 saturated carbocycles. The number of hydrogen-bond donors (Lipinski definition) is 0. The lowest BCUT2D eigenvalue weighted by atomic mass is 10.1. The zero-order valence-corrected chi connectivity index (χ0v) is 18.9. The van der Waals surface area contributed by atoms with Gasteiger partial charge in [0.05, 0.1) is 18.3 Å². The van der Waals surface area contributed by atoms with Gasteiger partial charge in [0.25, 0.3) is 5.91 Å². The van der Waals surface area contributed by atoms with Crippen molar-refractivity contribution < 1.29 is 14.3 Å². The number of carbonyl (C=O) groups is 2. The first kappa shape index (κ1) is 21.6. The van der Waals surface area contributed by atoms with Crippen LogP contribution >= 0.6 is 0 Å². The highest BCUT2D eigenvalue weighted by atomic mass is 16.6. The molecule has 1 aromatic heterocycles. The molecule has 2 aromatic carbocycles. The maximum Gasteiger partial charge on any atom is 0.410 e. The molecule has 32 heavy (non-hydrogen) atoms. The minimum Gasteiger partial charge on any atom is -0.444 e. The zero-order chi connectivity index (χ0) is 22.9. The first-order valence-corrected chi connectivity index (χ1v) is 10.7. The minimum atomic E-state index is -0.589. The Labute approximate surface area is 188 Å². The predicted molar refractivity (Wildman–Crippen MR) is 123 cm³/mol. The van der Waals surface area contributed by atoms with Crippen LogP contribution in [0.2, 0.25) is 0 Å². The standard InChI is InChI=1S/C25H28N4O3/c1-18-16-28(23(30)19-10-12-21(13-11-19)29-15-7-14-26-29)22-9-6-5-8-20(22)17-27(18)24(31)32-25(2,3)4/h5-15,18H,16-17H2,1-4H3/t18-/m1/s1. The number of amides is 2. The Morgan fingerprint density at radius 3 is 2.41 bits per heavy atom. The maximum absolute atomic E-state index is 13.5. The SMILES string of the molecule is C[C@@H]1CN(C(=O)c2ccc(-n3cccn3)cc2)c2ccccc2CN1C(=O)OC(C)(C)C. The molecule has 0 unspecified atom stereocenters. The van der Waals surface area contributed by atoms with Gasteiger partial charge in [0.1, 0.15) is 5.60 Å². The van der Waals surface area contributed by atoms with Crippen LogP contribution in [0.15, 0.2) is 67.0 Å². The van der Waals surface area contributed by atoms with Crippen molar-refractivity contribution in [1.29, 1.82) is 0 Å². The van der Waals surface area contributed by atoms with Gasteiger partial charge >= 0.3 is 6.09 Å². The largest absolute Gasteiger partial charge is 0.444 e. The number of aromatic nitrogens is 2. The van der Waals surface area contributed by atoms with Gasteiger partial charge in [-0.05, 0) is 69.7 Å². The first-order chi connectivity index (χ1) is 15.2. The highest BCUT2D eigenvalue weighted by molar-refractivity contribution is 6.06. The second-order valence-electron chi connectivity index (χ2n) is 9.00. The summed E-state index contributed by atoms with van der Waals surface area (Å²) in [6, 6.07) is 16.7. The van der Waals surface area contributed by atoms with E-state index in [1.165, 1.54) is 0 Å². The van der Waals surface area contributed by atoms with Gasteiger partial charge in [-0.25, -0.2) is 9.48 Å². The van der Waals surface area contributed by atoms with E-state index in [0.29, 0.717) is 18.7 Å². The van der Waals surface area contributed by atoms with E-state index in [-0.39, 0.29) is 18.0 Å². The van der Waals surface area contributed by atoms with Crippen molar-refractivity contribution in [3.63, 3.8) is 0 Å². The summed E-state index contributed by atoms with van der Waals surface area (Å²) in [6.07, 6.45) is 3.19. The lowest BCUT2D eigenvalue weighted by molar-refractivity contribution is 0.0167. The Morgan fingerprint density at radius 1 is 1.03 bits per heavy atom. The van der Waals surface area contributed by atoms with E-state index in [2.05, 4.69) is 5.10 Å². The summed E-state index contributed by atoms with van der Waals surface area (Å²) in [5.41, 5.74) is 2.59. The molecule has 0 saturated heterocycles. The van der Waals surface area contributed by atoms with E-state index in [4.69, 9.17) is 4.74 Å². The molecule has 0 bridgehead atoms. The average Bonchev–Trinajstić information content (AvgIpc) is 3.24. The predicted octanol–water partition coefficient (Wildman–Crippen LogP) is 4.66. The van der Waals surface area contributed by atoms with Gasteiger partial charge in [-0.15, -0.1) is 0 Å². The van der Waals surface area contributed by atoms with E-state index < -0.39 is 5.60 Å². The molecule has 7 nitrogen and oxygen atoms in total. The lowest BCUT2D eigenvalue weighted by Gasteiger charge is -2.31. The molecule has 2 heterocycles. The fraction of sp³-hybridized carbons (Fsp3) is 0.320. The molecule has 2 amide bonds. The van der Waals surface area contributed by atoms with Crippen molar-refractivity contribution in [3.8, 4) is 5.69 Å². The maximum atomic E-state index is 13.5. The van der Waals surface area contributed by atoms with Crippen LogP contribution in [-0.2, 0) is 11.3 Å². The van der Waals surface area contributed by atoms with Gasteiger partial charge in [-0.1, -0.05) is 18.2 Å². The molecule has 1 aliphatic heterocycles. The molecule has 7 heteroatoms. The van der Waals surface area contributed by atoms with Crippen LogP contribution in [0.5, 0.6) is 0 Å². The van der Waals surface area contributed by atoms with Gasteiger partial charge in [0.2, 0.25) is 0 Å². The van der Waals surface area contributed by atoms with Gasteiger partial charge < -0.3 is 9.64 Å². The molecule has 0 fully saturated rings. The molecule has 0 radical (unpaired) electrons. The summed E-state index contributed by atoms with van der Waals surface area (Å²) in [4.78, 5) is 29.9. The molecule has 1 atom stereocenters. The molecular formula is C25H28N4O3. The van der Waals surface area contributed by atoms with Crippen LogP contribution in [0.4, 0.5) is 10.5 Å². The highest BCUT2D eigenvalue weighted by Gasteiger charge is 2.33. The third-order valence-electron chi connectivity index (χ3n) is 5.36. The second-order valence-corrected chi connectivity index (χ2v) is 9.00. The zero-order valence-electron chi connectivity index (χ0n) is 18.9. The summed E-state index contributed by atoms with van der Waals surface area (Å²) in [5.74, 6) is -0.109. The van der Waals surface area contributed by atoms with Crippen molar-refractivity contribution in [2.75, 3.05) is 11.4 Å². The van der Waals surface area contributed by atoms with Crippen LogP contribution in [0.25, 0.3) is 5.69 Å². The monoisotopic (exact) mass is 432 g/mol. The minimum absolute atomic E-state index is 0.109. The Kier molecular flexibility index (Phi) is 5.74. The van der Waals surface area contributed by atoms with Gasteiger partial charge in [-0.2, -0.15) is 5.10 Å². The van der Waals surface area contributed by atoms with E-state index in [9.17, 15) is 9.59 Å². The number of ether oxygens (including phenoxy) is 1. The summed E-state index contributed by atoms with van der Waals surface area (Å²) in [6.45, 7) is 8.25. The summed E-state index contributed by atoms with van der Waals surface area (Å²) >= 11 is 0. The number of hydrogen-bond acceptors (Lipinski definition) is 4. The molecular weight excluding hydrogens is 404 g/mol. The van der Waals surface area contributed by atoms with Crippen molar-refractivity contribution in [2.45, 2.75) is 45.9 Å². The van der Waals surface area contributed by atoms with E-state index in [1.54, 1.807) is 20.7 Å². The topological polar surface area (TPSA) is 67.7 Å². The Balaban J connectivity index is 1.63. The summed E-state index contributed by atoms with van der Waals surface area (Å²) < 4.78 is 7.37. The number of para-hydroxylation sites is 1. The van der Waals surface area contributed by atoms with Crippen LogP contribution < -0.4 is 4.90 Å². The summed E-state index contributed by atoms with van der Waals surface area (Å²) in [5, 5.41) is 4.23. The molecule has 0 aliphatic carbocycles. The fourth-order valence-corrected chi connectivity index (χ4v) is 3.80. The van der Waals surface area contributed by atoms with Crippen LogP contribution in [0.1, 0.15) is 43.6 Å². The molecule has 0 spiro atoms. The van der Waals surface area contributed by atoms with Crippen molar-refractivity contribution >= 4 is 17.7 Å². The highest BCUT2D eigenvalue weighted by Crippen LogP contribution is 2.29. The first-order valence-electron chi connectivity index (χ1n) is 10.7. The van der Waals surface area contributed by atoms with Crippen LogP contribution in [0.3, 0.4) is 0 Å². The van der Waals surface area contributed by atoms with Gasteiger partial charge in [-0.3, -0.25) is 9.69 Å². The molecule has 1 aliphatic rings. The third kappa shape index (κ3) is 4.51. The number of benzene rings is 2. The lowest BCUT2D eigenvalue weighted by Crippen LogP contribution is -2.46. The van der Waals surface area contributed by atoms with Gasteiger partial charge in [0, 0.05) is 30.2 Å². The normalized spacial score (nSPS) is 16.3. The van der Waals surface area contributed by atoms with Crippen molar-refractivity contribution in [2.24, 2.45) is 0 Å². The Morgan fingerprint density at radius 2 is 1.75 bits per heavy atom. The molecule has 3 aromatic rings. The quantitative estimate of drug-likeness (QED) is 0.591.